The molecule has 0 atom stereocenters. The Hall–Kier alpha value is -3.46. The summed E-state index contributed by atoms with van der Waals surface area (Å²) in [6.45, 7) is -0.151. The van der Waals surface area contributed by atoms with Crippen molar-refractivity contribution in [2.24, 2.45) is 0 Å². The van der Waals surface area contributed by atoms with Gasteiger partial charge in [0.15, 0.2) is 0 Å². The molecule has 0 spiro atoms. The molecule has 3 aromatic rings. The number of para-hydroxylation sites is 1. The molecule has 1 aromatic heterocycles. The molecule has 0 saturated carbocycles. The number of halogens is 3. The number of hydrogen-bond acceptors (Lipinski definition) is 3. The first kappa shape index (κ1) is 19.3. The molecule has 144 valence electrons. The number of H-pyrrole nitrogens is 1. The Balaban J connectivity index is 1.86. The predicted molar refractivity (Wildman–Crippen MR) is 98.8 cm³/mol. The molecule has 10 heteroatoms. The van der Waals surface area contributed by atoms with E-state index in [-0.39, 0.29) is 17.1 Å². The van der Waals surface area contributed by atoms with Crippen molar-refractivity contribution in [1.82, 2.24) is 10.3 Å². The number of anilines is 1. The number of carboxylic acid groups (broad SMARTS) is 1. The Kier molecular flexibility index (Phi) is 5.27. The van der Waals surface area contributed by atoms with Gasteiger partial charge in [0.05, 0.1) is 5.52 Å². The maximum absolute atomic E-state index is 13.6. The van der Waals surface area contributed by atoms with E-state index in [4.69, 9.17) is 16.7 Å². The number of fused-ring (bicyclic) bond motifs is 1. The zero-order valence-corrected chi connectivity index (χ0v) is 14.7. The van der Waals surface area contributed by atoms with Crippen LogP contribution in [-0.4, -0.2) is 22.1 Å². The molecule has 0 bridgehead atoms. The van der Waals surface area contributed by atoms with Gasteiger partial charge in [-0.2, -0.15) is 0 Å². The molecule has 0 radical (unpaired) electrons. The quantitative estimate of drug-likeness (QED) is 0.530. The zero-order valence-electron chi connectivity index (χ0n) is 14.0. The number of carbonyl (C=O) groups is 2. The largest absolute Gasteiger partial charge is 0.477 e. The van der Waals surface area contributed by atoms with Crippen LogP contribution in [-0.2, 0) is 6.54 Å². The monoisotopic (exact) mass is 407 g/mol. The number of aromatic carboxylic acids is 1. The number of aromatic amines is 1. The topological polar surface area (TPSA) is 111 Å². The van der Waals surface area contributed by atoms with Crippen LogP contribution in [0.25, 0.3) is 10.9 Å². The number of nitrogens with one attached hydrogen (secondary N) is 3. The third kappa shape index (κ3) is 3.94. The van der Waals surface area contributed by atoms with Crippen molar-refractivity contribution < 1.29 is 23.5 Å². The number of amides is 2. The van der Waals surface area contributed by atoms with Crippen molar-refractivity contribution in [2.75, 3.05) is 5.32 Å². The second-order valence-corrected chi connectivity index (χ2v) is 6.19. The Morgan fingerprint density at radius 3 is 2.46 bits per heavy atom. The van der Waals surface area contributed by atoms with E-state index in [0.29, 0.717) is 10.9 Å². The van der Waals surface area contributed by atoms with Gasteiger partial charge in [-0.15, -0.1) is 0 Å². The van der Waals surface area contributed by atoms with E-state index < -0.39 is 40.4 Å². The molecule has 0 aliphatic rings. The summed E-state index contributed by atoms with van der Waals surface area (Å²) in [5.41, 5.74) is -1.23. The minimum Gasteiger partial charge on any atom is -0.477 e. The number of hydrogen-bond donors (Lipinski definition) is 4. The molecule has 0 aliphatic heterocycles. The Bertz CT molecular complexity index is 1140. The molecule has 1 heterocycles. The van der Waals surface area contributed by atoms with Crippen LogP contribution in [0.4, 0.5) is 19.3 Å². The molecule has 4 N–H and O–H groups in total. The first-order chi connectivity index (χ1) is 13.3. The lowest BCUT2D eigenvalue weighted by Crippen LogP contribution is -2.29. The Morgan fingerprint density at radius 2 is 1.82 bits per heavy atom. The van der Waals surface area contributed by atoms with Crippen LogP contribution < -0.4 is 16.2 Å². The number of pyridine rings is 1. The van der Waals surface area contributed by atoms with Gasteiger partial charge in [0, 0.05) is 17.0 Å². The van der Waals surface area contributed by atoms with Crippen LogP contribution >= 0.6 is 11.6 Å². The van der Waals surface area contributed by atoms with Gasteiger partial charge in [0.1, 0.15) is 22.9 Å². The SMILES string of the molecule is O=C(NCc1cc(Cl)cc2cc(C(=O)O)c(=O)[nH]c12)Nc1c(F)cccc1F. The number of benzene rings is 2. The van der Waals surface area contributed by atoms with E-state index in [1.54, 1.807) is 0 Å². The highest BCUT2D eigenvalue weighted by molar-refractivity contribution is 6.31. The zero-order chi connectivity index (χ0) is 20.4. The molecule has 3 rings (SSSR count). The summed E-state index contributed by atoms with van der Waals surface area (Å²) < 4.78 is 27.2. The molecule has 0 saturated heterocycles. The second kappa shape index (κ2) is 7.65. The number of aromatic nitrogens is 1. The van der Waals surface area contributed by atoms with Crippen molar-refractivity contribution in [1.29, 1.82) is 0 Å². The average Bonchev–Trinajstić information content (AvgIpc) is 2.62. The van der Waals surface area contributed by atoms with Crippen molar-refractivity contribution in [3.8, 4) is 0 Å². The van der Waals surface area contributed by atoms with Gasteiger partial charge >= 0.3 is 12.0 Å². The summed E-state index contributed by atoms with van der Waals surface area (Å²) in [6.07, 6.45) is 0. The van der Waals surface area contributed by atoms with Gasteiger partial charge in [-0.3, -0.25) is 4.79 Å². The summed E-state index contributed by atoms with van der Waals surface area (Å²) in [7, 11) is 0. The molecule has 0 unspecified atom stereocenters. The van der Waals surface area contributed by atoms with Gasteiger partial charge in [0.2, 0.25) is 0 Å². The third-order valence-corrected chi connectivity index (χ3v) is 4.09. The fraction of sp³-hybridized carbons (Fsp3) is 0.0556. The van der Waals surface area contributed by atoms with E-state index in [1.165, 1.54) is 18.2 Å². The highest BCUT2D eigenvalue weighted by Gasteiger charge is 2.15. The summed E-state index contributed by atoms with van der Waals surface area (Å²) in [5, 5.41) is 14.1. The third-order valence-electron chi connectivity index (χ3n) is 3.87. The molecule has 28 heavy (non-hydrogen) atoms. The Morgan fingerprint density at radius 1 is 1.14 bits per heavy atom. The highest BCUT2D eigenvalue weighted by atomic mass is 35.5. The first-order valence-electron chi connectivity index (χ1n) is 7.84. The normalized spacial score (nSPS) is 10.7. The van der Waals surface area contributed by atoms with Crippen LogP contribution in [0.5, 0.6) is 0 Å². The van der Waals surface area contributed by atoms with Crippen molar-refractivity contribution in [2.45, 2.75) is 6.54 Å². The molecule has 2 aromatic carbocycles. The van der Waals surface area contributed by atoms with E-state index in [0.717, 1.165) is 18.2 Å². The van der Waals surface area contributed by atoms with Crippen LogP contribution in [0.1, 0.15) is 15.9 Å². The summed E-state index contributed by atoms with van der Waals surface area (Å²) in [6, 6.07) is 6.35. The molecule has 2 amide bonds. The molecule has 7 nitrogen and oxygen atoms in total. The number of rotatable bonds is 4. The van der Waals surface area contributed by atoms with E-state index >= 15 is 0 Å². The average molecular weight is 408 g/mol. The molecular weight excluding hydrogens is 396 g/mol. The van der Waals surface area contributed by atoms with Crippen LogP contribution in [0, 0.1) is 11.6 Å². The van der Waals surface area contributed by atoms with Crippen LogP contribution in [0.15, 0.2) is 41.2 Å². The summed E-state index contributed by atoms with van der Waals surface area (Å²) in [5.74, 6) is -3.27. The standard InChI is InChI=1S/C18H12ClF2N3O4/c19-10-4-8-6-11(17(26)27)16(25)23-14(8)9(5-10)7-22-18(28)24-15-12(20)2-1-3-13(15)21/h1-6H,7H2,(H,23,25)(H,26,27)(H2,22,24,28). The Labute approximate surface area is 160 Å². The lowest BCUT2D eigenvalue weighted by Gasteiger charge is -2.11. The second-order valence-electron chi connectivity index (χ2n) is 5.75. The van der Waals surface area contributed by atoms with E-state index in [1.807, 2.05) is 0 Å². The minimum absolute atomic E-state index is 0.151. The lowest BCUT2D eigenvalue weighted by molar-refractivity contribution is 0.0695. The number of carboxylic acids is 1. The lowest BCUT2D eigenvalue weighted by atomic mass is 10.1. The maximum atomic E-state index is 13.6. The van der Waals surface area contributed by atoms with Crippen LogP contribution in [0.3, 0.4) is 0 Å². The van der Waals surface area contributed by atoms with E-state index in [9.17, 15) is 23.2 Å². The van der Waals surface area contributed by atoms with Crippen molar-refractivity contribution in [3.63, 3.8) is 0 Å². The summed E-state index contributed by atoms with van der Waals surface area (Å²) >= 11 is 6.02. The maximum Gasteiger partial charge on any atom is 0.341 e. The fourth-order valence-electron chi connectivity index (χ4n) is 2.60. The number of urea groups is 1. The van der Waals surface area contributed by atoms with Gasteiger partial charge in [-0.1, -0.05) is 17.7 Å². The van der Waals surface area contributed by atoms with Crippen molar-refractivity contribution >= 4 is 40.2 Å². The van der Waals surface area contributed by atoms with Crippen LogP contribution in [0.2, 0.25) is 5.02 Å². The molecule has 0 aliphatic carbocycles. The van der Waals surface area contributed by atoms with Gasteiger partial charge in [-0.25, -0.2) is 18.4 Å². The van der Waals surface area contributed by atoms with Gasteiger partial charge in [0.25, 0.3) is 5.56 Å². The first-order valence-corrected chi connectivity index (χ1v) is 8.21. The van der Waals surface area contributed by atoms with Gasteiger partial charge in [-0.05, 0) is 35.9 Å². The number of carbonyl (C=O) groups excluding carboxylic acids is 1. The smallest absolute Gasteiger partial charge is 0.341 e. The van der Waals surface area contributed by atoms with Crippen molar-refractivity contribution in [3.05, 3.63) is 74.5 Å². The molecule has 0 fully saturated rings. The van der Waals surface area contributed by atoms with Gasteiger partial charge < -0.3 is 20.7 Å². The minimum atomic E-state index is -1.39. The molecular formula is C18H12ClF2N3O4. The highest BCUT2D eigenvalue weighted by Crippen LogP contribution is 2.23. The fourth-order valence-corrected chi connectivity index (χ4v) is 2.85. The predicted octanol–water partition coefficient (Wildman–Crippen LogP) is 3.48. The van der Waals surface area contributed by atoms with E-state index in [2.05, 4.69) is 15.6 Å². The summed E-state index contributed by atoms with van der Waals surface area (Å²) in [4.78, 5) is 37.4.